The molecular weight excluding hydrogens is 272 g/mol. The summed E-state index contributed by atoms with van der Waals surface area (Å²) in [4.78, 5) is 8.57. The largest absolute Gasteiger partial charge is 0.496 e. The highest BCUT2D eigenvalue weighted by Crippen LogP contribution is 2.27. The van der Waals surface area contributed by atoms with E-state index in [0.29, 0.717) is 23.2 Å². The van der Waals surface area contributed by atoms with Crippen molar-refractivity contribution in [3.05, 3.63) is 35.4 Å². The Morgan fingerprint density at radius 2 is 1.80 bits per heavy atom. The zero-order chi connectivity index (χ0) is 14.5. The van der Waals surface area contributed by atoms with Crippen molar-refractivity contribution in [2.24, 2.45) is 0 Å². The minimum absolute atomic E-state index is 0.430. The lowest BCUT2D eigenvalue weighted by atomic mass is 10.1. The number of aromatic nitrogens is 2. The highest BCUT2D eigenvalue weighted by atomic mass is 32.2. The number of nitrogen functional groups attached to an aromatic ring is 2. The van der Waals surface area contributed by atoms with Gasteiger partial charge in [0.25, 0.3) is 0 Å². The summed E-state index contributed by atoms with van der Waals surface area (Å²) in [5, 5.41) is 0.617. The van der Waals surface area contributed by atoms with E-state index in [2.05, 4.69) is 9.97 Å². The summed E-state index contributed by atoms with van der Waals surface area (Å²) >= 11 is 1.52. The van der Waals surface area contributed by atoms with Gasteiger partial charge in [0.15, 0.2) is 5.16 Å². The molecule has 0 radical (unpaired) electrons. The molecule has 0 amide bonds. The van der Waals surface area contributed by atoms with Crippen molar-refractivity contribution >= 4 is 23.4 Å². The normalized spacial score (nSPS) is 10.5. The van der Waals surface area contributed by atoms with E-state index >= 15 is 0 Å². The van der Waals surface area contributed by atoms with E-state index in [1.807, 2.05) is 31.2 Å². The number of para-hydroxylation sites is 1. The van der Waals surface area contributed by atoms with E-state index in [-0.39, 0.29) is 0 Å². The Labute approximate surface area is 122 Å². The van der Waals surface area contributed by atoms with Gasteiger partial charge in [0.1, 0.15) is 17.4 Å². The molecule has 4 N–H and O–H groups in total. The summed E-state index contributed by atoms with van der Waals surface area (Å²) in [6, 6.07) is 7.76. The Hall–Kier alpha value is -1.95. The van der Waals surface area contributed by atoms with Gasteiger partial charge in [0, 0.05) is 12.0 Å². The molecule has 2 aromatic rings. The van der Waals surface area contributed by atoms with E-state index in [0.717, 1.165) is 22.6 Å². The van der Waals surface area contributed by atoms with Gasteiger partial charge in [-0.2, -0.15) is 0 Å². The third-order valence-corrected chi connectivity index (χ3v) is 3.61. The predicted octanol–water partition coefficient (Wildman–Crippen LogP) is 2.35. The van der Waals surface area contributed by atoms with E-state index in [1.165, 1.54) is 11.8 Å². The van der Waals surface area contributed by atoms with Crippen molar-refractivity contribution in [1.82, 2.24) is 9.97 Å². The van der Waals surface area contributed by atoms with Crippen molar-refractivity contribution in [2.45, 2.75) is 18.5 Å². The fraction of sp³-hybridized carbons (Fsp3) is 0.286. The molecule has 0 bridgehead atoms. The van der Waals surface area contributed by atoms with Gasteiger partial charge in [0.2, 0.25) is 0 Å². The fourth-order valence-electron chi connectivity index (χ4n) is 1.91. The molecule has 0 fully saturated rings. The molecule has 0 saturated heterocycles. The molecule has 0 spiro atoms. The van der Waals surface area contributed by atoms with Crippen LogP contribution in [0.1, 0.15) is 18.1 Å². The molecular formula is C14H18N4OS. The summed E-state index contributed by atoms with van der Waals surface area (Å²) in [7, 11) is 1.64. The van der Waals surface area contributed by atoms with Crippen molar-refractivity contribution in [3.63, 3.8) is 0 Å². The van der Waals surface area contributed by atoms with Crippen LogP contribution in [0.3, 0.4) is 0 Å². The second-order valence-electron chi connectivity index (χ2n) is 4.18. The van der Waals surface area contributed by atoms with Crippen LogP contribution >= 0.6 is 11.8 Å². The van der Waals surface area contributed by atoms with Gasteiger partial charge in [-0.05, 0) is 17.4 Å². The van der Waals surface area contributed by atoms with Crippen LogP contribution in [0, 0.1) is 0 Å². The number of nitrogens with two attached hydrogens (primary N) is 2. The number of anilines is 2. The van der Waals surface area contributed by atoms with Crippen LogP contribution < -0.4 is 16.2 Å². The van der Waals surface area contributed by atoms with Crippen molar-refractivity contribution in [3.8, 4) is 5.75 Å². The lowest BCUT2D eigenvalue weighted by Crippen LogP contribution is -2.08. The highest BCUT2D eigenvalue weighted by Gasteiger charge is 2.13. The zero-order valence-corrected chi connectivity index (χ0v) is 12.4. The molecule has 0 saturated carbocycles. The smallest absolute Gasteiger partial charge is 0.191 e. The summed E-state index contributed by atoms with van der Waals surface area (Å²) in [5.74, 6) is 2.54. The maximum Gasteiger partial charge on any atom is 0.191 e. The highest BCUT2D eigenvalue weighted by molar-refractivity contribution is 7.99. The first-order chi connectivity index (χ1) is 9.65. The monoisotopic (exact) mass is 290 g/mol. The number of thioether (sulfide) groups is 1. The molecule has 1 aromatic heterocycles. The van der Waals surface area contributed by atoms with Gasteiger partial charge in [-0.15, -0.1) is 0 Å². The van der Waals surface area contributed by atoms with Gasteiger partial charge >= 0.3 is 0 Å². The quantitative estimate of drug-likeness (QED) is 0.649. The summed E-state index contributed by atoms with van der Waals surface area (Å²) in [6.07, 6.45) is 0.554. The standard InChI is InChI=1S/C14H18N4OS/c1-3-20-14-17-12(15)10(13(16)18-14)8-9-6-4-5-7-11(9)19-2/h4-7H,3,8H2,1-2H3,(H4,15,16,17,18). The Morgan fingerprint density at radius 3 is 2.40 bits per heavy atom. The molecule has 5 nitrogen and oxygen atoms in total. The average molecular weight is 290 g/mol. The number of ether oxygens (including phenoxy) is 1. The third-order valence-electron chi connectivity index (χ3n) is 2.88. The van der Waals surface area contributed by atoms with Crippen LogP contribution in [-0.2, 0) is 6.42 Å². The molecule has 6 heteroatoms. The Morgan fingerprint density at radius 1 is 1.15 bits per heavy atom. The van der Waals surface area contributed by atoms with E-state index in [4.69, 9.17) is 16.2 Å². The molecule has 1 heterocycles. The van der Waals surface area contributed by atoms with E-state index in [1.54, 1.807) is 7.11 Å². The zero-order valence-electron chi connectivity index (χ0n) is 11.6. The van der Waals surface area contributed by atoms with Crippen LogP contribution in [-0.4, -0.2) is 22.8 Å². The Bertz CT molecular complexity index is 580. The van der Waals surface area contributed by atoms with Crippen molar-refractivity contribution < 1.29 is 4.74 Å². The second kappa shape index (κ2) is 6.47. The van der Waals surface area contributed by atoms with Gasteiger partial charge in [-0.25, -0.2) is 9.97 Å². The SMILES string of the molecule is CCSc1nc(N)c(Cc2ccccc2OC)c(N)n1. The first-order valence-electron chi connectivity index (χ1n) is 6.32. The number of methoxy groups -OCH3 is 1. The number of hydrogen-bond donors (Lipinski definition) is 2. The molecule has 2 rings (SSSR count). The predicted molar refractivity (Wildman–Crippen MR) is 83.1 cm³/mol. The minimum atomic E-state index is 0.430. The summed E-state index contributed by atoms with van der Waals surface area (Å²) < 4.78 is 5.33. The van der Waals surface area contributed by atoms with Crippen LogP contribution in [0.25, 0.3) is 0 Å². The lowest BCUT2D eigenvalue weighted by Gasteiger charge is -2.12. The van der Waals surface area contributed by atoms with E-state index in [9.17, 15) is 0 Å². The van der Waals surface area contributed by atoms with Crippen LogP contribution in [0.2, 0.25) is 0 Å². The van der Waals surface area contributed by atoms with Crippen LogP contribution in [0.4, 0.5) is 11.6 Å². The van der Waals surface area contributed by atoms with Gasteiger partial charge < -0.3 is 16.2 Å². The number of rotatable bonds is 5. The molecule has 0 aliphatic heterocycles. The fourth-order valence-corrected chi connectivity index (χ4v) is 2.50. The number of nitrogens with zero attached hydrogens (tertiary/aromatic N) is 2. The molecule has 1 aromatic carbocycles. The lowest BCUT2D eigenvalue weighted by molar-refractivity contribution is 0.410. The minimum Gasteiger partial charge on any atom is -0.496 e. The second-order valence-corrected chi connectivity index (χ2v) is 5.41. The first-order valence-corrected chi connectivity index (χ1v) is 7.30. The number of hydrogen-bond acceptors (Lipinski definition) is 6. The Kier molecular flexibility index (Phi) is 4.68. The van der Waals surface area contributed by atoms with Crippen LogP contribution in [0.5, 0.6) is 5.75 Å². The molecule has 106 valence electrons. The topological polar surface area (TPSA) is 87.0 Å². The van der Waals surface area contributed by atoms with Gasteiger partial charge in [0.05, 0.1) is 7.11 Å². The average Bonchev–Trinajstić information content (AvgIpc) is 2.43. The molecule has 0 unspecified atom stereocenters. The molecule has 0 aliphatic rings. The maximum atomic E-state index is 6.01. The first kappa shape index (κ1) is 14.5. The summed E-state index contributed by atoms with van der Waals surface area (Å²) in [6.45, 7) is 2.03. The summed E-state index contributed by atoms with van der Waals surface area (Å²) in [5.41, 5.74) is 13.8. The Balaban J connectivity index is 2.34. The van der Waals surface area contributed by atoms with Crippen molar-refractivity contribution in [1.29, 1.82) is 0 Å². The molecule has 0 aliphatic carbocycles. The molecule has 20 heavy (non-hydrogen) atoms. The molecule has 0 atom stereocenters. The maximum absolute atomic E-state index is 6.01. The third kappa shape index (κ3) is 3.14. The van der Waals surface area contributed by atoms with Gasteiger partial charge in [-0.3, -0.25) is 0 Å². The van der Waals surface area contributed by atoms with Crippen molar-refractivity contribution in [2.75, 3.05) is 24.3 Å². The van der Waals surface area contributed by atoms with Crippen LogP contribution in [0.15, 0.2) is 29.4 Å². The number of benzene rings is 1. The van der Waals surface area contributed by atoms with Gasteiger partial charge in [-0.1, -0.05) is 36.9 Å². The van der Waals surface area contributed by atoms with E-state index < -0.39 is 0 Å².